The van der Waals surface area contributed by atoms with Gasteiger partial charge in [-0.2, -0.15) is 0 Å². The Balaban J connectivity index is 1.69. The Hall–Kier alpha value is -3.14. The van der Waals surface area contributed by atoms with Gasteiger partial charge >= 0.3 is 6.36 Å². The summed E-state index contributed by atoms with van der Waals surface area (Å²) in [6, 6.07) is 7.03. The number of aromatic amines is 1. The van der Waals surface area contributed by atoms with Crippen LogP contribution in [-0.4, -0.2) is 26.9 Å². The second-order valence-corrected chi connectivity index (χ2v) is 6.19. The van der Waals surface area contributed by atoms with Crippen molar-refractivity contribution in [2.75, 3.05) is 0 Å². The summed E-state index contributed by atoms with van der Waals surface area (Å²) in [7, 11) is 0. The van der Waals surface area contributed by atoms with Gasteiger partial charge in [-0.05, 0) is 31.5 Å². The molecule has 1 aromatic carbocycles. The van der Waals surface area contributed by atoms with E-state index in [1.165, 1.54) is 30.3 Å². The van der Waals surface area contributed by atoms with Gasteiger partial charge in [-0.3, -0.25) is 19.4 Å². The van der Waals surface area contributed by atoms with Crippen LogP contribution < -0.4 is 10.9 Å². The quantitative estimate of drug-likeness (QED) is 0.696. The van der Waals surface area contributed by atoms with Gasteiger partial charge in [0.25, 0.3) is 11.5 Å². The number of nitrogens with one attached hydrogen (secondary N) is 2. The number of carbonyl (C=O) groups excluding carboxylic acids is 1. The number of alkyl halides is 3. The lowest BCUT2D eigenvalue weighted by Crippen LogP contribution is -2.24. The molecule has 0 saturated carbocycles. The maximum absolute atomic E-state index is 12.3. The summed E-state index contributed by atoms with van der Waals surface area (Å²) in [6.07, 6.45) is -4.70. The number of H-pyrrole nitrogens is 1. The number of aromatic nitrogens is 3. The van der Waals surface area contributed by atoms with E-state index in [0.717, 1.165) is 11.3 Å². The smallest absolute Gasteiger partial charge is 0.348 e. The lowest BCUT2D eigenvalue weighted by molar-refractivity contribution is -0.330. The van der Waals surface area contributed by atoms with Gasteiger partial charge in [0.05, 0.1) is 6.61 Å². The number of amides is 1. The Labute approximate surface area is 157 Å². The van der Waals surface area contributed by atoms with Crippen LogP contribution in [0, 0.1) is 13.8 Å². The highest BCUT2D eigenvalue weighted by atomic mass is 19.4. The first-order valence-electron chi connectivity index (χ1n) is 8.30. The normalized spacial score (nSPS) is 11.8. The van der Waals surface area contributed by atoms with Gasteiger partial charge in [-0.25, -0.2) is 9.50 Å². The van der Waals surface area contributed by atoms with Crippen LogP contribution in [0.15, 0.2) is 35.1 Å². The molecule has 0 aliphatic rings. The highest BCUT2D eigenvalue weighted by Crippen LogP contribution is 2.19. The second kappa shape index (κ2) is 7.47. The molecule has 2 N–H and O–H groups in total. The van der Waals surface area contributed by atoms with Gasteiger partial charge in [0, 0.05) is 35.1 Å². The molecule has 1 amide bonds. The molecule has 0 spiro atoms. The monoisotopic (exact) mass is 394 g/mol. The third kappa shape index (κ3) is 4.39. The van der Waals surface area contributed by atoms with Crippen molar-refractivity contribution >= 4 is 11.6 Å². The molecule has 0 saturated heterocycles. The molecule has 10 heteroatoms. The topological polar surface area (TPSA) is 88.5 Å². The van der Waals surface area contributed by atoms with E-state index in [-0.39, 0.29) is 18.0 Å². The van der Waals surface area contributed by atoms with Crippen LogP contribution in [0.25, 0.3) is 5.65 Å². The van der Waals surface area contributed by atoms with Gasteiger partial charge in [0.1, 0.15) is 0 Å². The van der Waals surface area contributed by atoms with Gasteiger partial charge in [-0.1, -0.05) is 12.1 Å². The lowest BCUT2D eigenvalue weighted by atomic mass is 10.1. The number of ether oxygens (including phenoxy) is 1. The van der Waals surface area contributed by atoms with Crippen molar-refractivity contribution in [1.29, 1.82) is 0 Å². The third-order valence-corrected chi connectivity index (χ3v) is 4.25. The van der Waals surface area contributed by atoms with Crippen molar-refractivity contribution in [3.05, 3.63) is 68.8 Å². The number of rotatable bonds is 5. The minimum absolute atomic E-state index is 0.179. The fourth-order valence-corrected chi connectivity index (χ4v) is 2.80. The van der Waals surface area contributed by atoms with Gasteiger partial charge in [0.2, 0.25) is 0 Å². The maximum atomic E-state index is 12.3. The summed E-state index contributed by atoms with van der Waals surface area (Å²) in [5.41, 5.74) is 2.99. The first-order chi connectivity index (χ1) is 13.1. The van der Waals surface area contributed by atoms with Crippen LogP contribution in [0.3, 0.4) is 0 Å². The van der Waals surface area contributed by atoms with Crippen molar-refractivity contribution in [2.45, 2.75) is 33.4 Å². The van der Waals surface area contributed by atoms with E-state index < -0.39 is 13.0 Å². The zero-order valence-corrected chi connectivity index (χ0v) is 15.1. The van der Waals surface area contributed by atoms with E-state index in [9.17, 15) is 22.8 Å². The largest absolute Gasteiger partial charge is 0.522 e. The number of aryl methyl sites for hydroxylation is 2. The SMILES string of the molecule is Cc1nc2cc(=O)[nH]n2c(C)c1CNC(=O)c1ccc(COC(F)(F)F)cc1. The fraction of sp³-hybridized carbons (Fsp3) is 0.278. The molecule has 148 valence electrons. The van der Waals surface area contributed by atoms with Crippen LogP contribution in [0.2, 0.25) is 0 Å². The van der Waals surface area contributed by atoms with E-state index >= 15 is 0 Å². The lowest BCUT2D eigenvalue weighted by Gasteiger charge is -2.13. The van der Waals surface area contributed by atoms with E-state index in [2.05, 4.69) is 20.1 Å². The molecule has 28 heavy (non-hydrogen) atoms. The number of benzene rings is 1. The first-order valence-corrected chi connectivity index (χ1v) is 8.30. The van der Waals surface area contributed by atoms with Crippen LogP contribution in [-0.2, 0) is 17.9 Å². The predicted molar refractivity (Wildman–Crippen MR) is 93.7 cm³/mol. The van der Waals surface area contributed by atoms with Crippen molar-refractivity contribution in [1.82, 2.24) is 19.9 Å². The molecule has 0 aliphatic heterocycles. The Bertz CT molecular complexity index is 1070. The van der Waals surface area contributed by atoms with E-state index in [4.69, 9.17) is 0 Å². The average Bonchev–Trinajstić information content (AvgIpc) is 3.00. The second-order valence-electron chi connectivity index (χ2n) is 6.19. The summed E-state index contributed by atoms with van der Waals surface area (Å²) in [5.74, 6) is -0.386. The van der Waals surface area contributed by atoms with Crippen LogP contribution in [0.1, 0.15) is 32.9 Å². The molecule has 3 aromatic rings. The van der Waals surface area contributed by atoms with Gasteiger partial charge in [-0.15, -0.1) is 13.2 Å². The van der Waals surface area contributed by atoms with E-state index in [1.54, 1.807) is 18.4 Å². The van der Waals surface area contributed by atoms with Gasteiger partial charge < -0.3 is 5.32 Å². The molecule has 0 unspecified atom stereocenters. The summed E-state index contributed by atoms with van der Waals surface area (Å²) in [5, 5.41) is 5.38. The summed E-state index contributed by atoms with van der Waals surface area (Å²) < 4.78 is 41.5. The van der Waals surface area contributed by atoms with Crippen molar-refractivity contribution < 1.29 is 22.7 Å². The summed E-state index contributed by atoms with van der Waals surface area (Å²) in [6.45, 7) is 3.14. The predicted octanol–water partition coefficient (Wildman–Crippen LogP) is 2.61. The number of halogens is 3. The number of nitrogens with zero attached hydrogens (tertiary/aromatic N) is 2. The number of carbonyl (C=O) groups is 1. The summed E-state index contributed by atoms with van der Waals surface area (Å²) in [4.78, 5) is 28.2. The molecule has 3 rings (SSSR count). The molecule has 0 radical (unpaired) electrons. The Morgan fingerprint density at radius 1 is 1.25 bits per heavy atom. The number of hydrogen-bond donors (Lipinski definition) is 2. The average molecular weight is 394 g/mol. The highest BCUT2D eigenvalue weighted by Gasteiger charge is 2.28. The zero-order chi connectivity index (χ0) is 20.5. The third-order valence-electron chi connectivity index (χ3n) is 4.25. The molecule has 7 nitrogen and oxygen atoms in total. The molecule has 0 bridgehead atoms. The highest BCUT2D eigenvalue weighted by molar-refractivity contribution is 5.94. The standard InChI is InChI=1S/C18H17F3N4O3/c1-10-14(11(2)25-15(23-10)7-16(26)24-25)8-22-17(27)13-5-3-12(4-6-13)9-28-18(19,20)21/h3-7H,8-9H2,1-2H3,(H,22,27)(H,24,26). The number of hydrogen-bond acceptors (Lipinski definition) is 4. The first kappa shape index (κ1) is 19.6. The van der Waals surface area contributed by atoms with Crippen LogP contribution in [0.4, 0.5) is 13.2 Å². The fourth-order valence-electron chi connectivity index (χ4n) is 2.80. The molecule has 0 aliphatic carbocycles. The maximum Gasteiger partial charge on any atom is 0.522 e. The van der Waals surface area contributed by atoms with Gasteiger partial charge in [0.15, 0.2) is 5.65 Å². The zero-order valence-electron chi connectivity index (χ0n) is 15.1. The van der Waals surface area contributed by atoms with E-state index in [1.807, 2.05) is 0 Å². The van der Waals surface area contributed by atoms with Crippen molar-refractivity contribution in [2.24, 2.45) is 0 Å². The van der Waals surface area contributed by atoms with Crippen LogP contribution >= 0.6 is 0 Å². The summed E-state index contributed by atoms with van der Waals surface area (Å²) >= 11 is 0. The molecule has 0 atom stereocenters. The molecule has 2 aromatic heterocycles. The molecular weight excluding hydrogens is 377 g/mol. The minimum Gasteiger partial charge on any atom is -0.348 e. The van der Waals surface area contributed by atoms with E-state index in [0.29, 0.717) is 22.5 Å². The van der Waals surface area contributed by atoms with Crippen molar-refractivity contribution in [3.8, 4) is 0 Å². The number of fused-ring (bicyclic) bond motifs is 1. The molecule has 2 heterocycles. The van der Waals surface area contributed by atoms with Crippen molar-refractivity contribution in [3.63, 3.8) is 0 Å². The molecule has 0 fully saturated rings. The minimum atomic E-state index is -4.70. The van der Waals surface area contributed by atoms with Crippen LogP contribution in [0.5, 0.6) is 0 Å². The molecular formula is C18H17F3N4O3. The Morgan fingerprint density at radius 3 is 2.57 bits per heavy atom. The Kier molecular flexibility index (Phi) is 5.23. The Morgan fingerprint density at radius 2 is 1.93 bits per heavy atom.